The highest BCUT2D eigenvalue weighted by Crippen LogP contribution is 2.21. The molecule has 0 heterocycles. The van der Waals surface area contributed by atoms with Gasteiger partial charge in [0.1, 0.15) is 18.5 Å². The Morgan fingerprint density at radius 2 is 1.86 bits per heavy atom. The van der Waals surface area contributed by atoms with Gasteiger partial charge < -0.3 is 14.7 Å². The SMILES string of the molecule is CN(CC(O)COc1ccc(Cl)cc1)C1CCCCC1.Cl. The van der Waals surface area contributed by atoms with Crippen LogP contribution in [0.25, 0.3) is 0 Å². The van der Waals surface area contributed by atoms with Gasteiger partial charge in [0.2, 0.25) is 0 Å². The van der Waals surface area contributed by atoms with Crippen LogP contribution in [0, 0.1) is 0 Å². The number of hydrogen-bond donors (Lipinski definition) is 1. The zero-order valence-corrected chi connectivity index (χ0v) is 14.1. The molecule has 0 aliphatic heterocycles. The second-order valence-electron chi connectivity index (χ2n) is 5.65. The quantitative estimate of drug-likeness (QED) is 0.860. The highest BCUT2D eigenvalue weighted by Gasteiger charge is 2.20. The molecular weight excluding hydrogens is 309 g/mol. The minimum absolute atomic E-state index is 0. The summed E-state index contributed by atoms with van der Waals surface area (Å²) < 4.78 is 5.58. The van der Waals surface area contributed by atoms with Crippen molar-refractivity contribution >= 4 is 24.0 Å². The van der Waals surface area contributed by atoms with Gasteiger partial charge in [0.25, 0.3) is 0 Å². The van der Waals surface area contributed by atoms with Crippen molar-refractivity contribution in [3.63, 3.8) is 0 Å². The molecule has 120 valence electrons. The molecule has 1 saturated carbocycles. The van der Waals surface area contributed by atoms with Gasteiger partial charge in [-0.15, -0.1) is 12.4 Å². The lowest BCUT2D eigenvalue weighted by Crippen LogP contribution is -2.40. The van der Waals surface area contributed by atoms with Gasteiger partial charge in [-0.3, -0.25) is 0 Å². The molecule has 1 N–H and O–H groups in total. The lowest BCUT2D eigenvalue weighted by molar-refractivity contribution is 0.0561. The molecule has 1 aromatic rings. The zero-order valence-electron chi connectivity index (χ0n) is 12.5. The van der Waals surface area contributed by atoms with E-state index in [0.717, 1.165) is 5.75 Å². The molecule has 0 amide bonds. The van der Waals surface area contributed by atoms with Crippen molar-refractivity contribution in [1.82, 2.24) is 4.90 Å². The number of likely N-dealkylation sites (N-methyl/N-ethyl adjacent to an activating group) is 1. The van der Waals surface area contributed by atoms with Gasteiger partial charge in [-0.05, 0) is 44.2 Å². The Hall–Kier alpha value is -0.480. The number of aliphatic hydroxyl groups excluding tert-OH is 1. The molecule has 1 aliphatic carbocycles. The summed E-state index contributed by atoms with van der Waals surface area (Å²) in [6, 6.07) is 7.84. The lowest BCUT2D eigenvalue weighted by atomic mass is 9.94. The summed E-state index contributed by atoms with van der Waals surface area (Å²) in [7, 11) is 2.10. The van der Waals surface area contributed by atoms with Crippen LogP contribution in [0.4, 0.5) is 0 Å². The van der Waals surface area contributed by atoms with Crippen LogP contribution in [0.2, 0.25) is 5.02 Å². The van der Waals surface area contributed by atoms with Crippen molar-refractivity contribution in [2.45, 2.75) is 44.2 Å². The number of benzene rings is 1. The van der Waals surface area contributed by atoms with E-state index < -0.39 is 6.10 Å². The molecule has 21 heavy (non-hydrogen) atoms. The van der Waals surface area contributed by atoms with E-state index in [1.807, 2.05) is 12.1 Å². The first kappa shape index (κ1) is 18.6. The van der Waals surface area contributed by atoms with Gasteiger partial charge in [0.15, 0.2) is 0 Å². The third kappa shape index (κ3) is 6.43. The number of nitrogens with zero attached hydrogens (tertiary/aromatic N) is 1. The predicted molar refractivity (Wildman–Crippen MR) is 89.7 cm³/mol. The minimum Gasteiger partial charge on any atom is -0.491 e. The van der Waals surface area contributed by atoms with Crippen LogP contribution in [0.15, 0.2) is 24.3 Å². The van der Waals surface area contributed by atoms with Crippen LogP contribution in [0.1, 0.15) is 32.1 Å². The van der Waals surface area contributed by atoms with E-state index in [-0.39, 0.29) is 12.4 Å². The van der Waals surface area contributed by atoms with E-state index in [9.17, 15) is 5.11 Å². The molecule has 0 aromatic heterocycles. The number of ether oxygens (including phenoxy) is 1. The zero-order chi connectivity index (χ0) is 14.4. The highest BCUT2D eigenvalue weighted by atomic mass is 35.5. The molecule has 1 aliphatic rings. The van der Waals surface area contributed by atoms with Crippen LogP contribution in [0.3, 0.4) is 0 Å². The summed E-state index contributed by atoms with van der Waals surface area (Å²) in [6.07, 6.45) is 6.02. The molecule has 0 saturated heterocycles. The molecule has 2 rings (SSSR count). The lowest BCUT2D eigenvalue weighted by Gasteiger charge is -2.32. The van der Waals surface area contributed by atoms with Crippen LogP contribution >= 0.6 is 24.0 Å². The maximum atomic E-state index is 10.1. The Labute approximate surface area is 138 Å². The first-order valence-electron chi connectivity index (χ1n) is 7.42. The Balaban J connectivity index is 0.00000220. The first-order valence-corrected chi connectivity index (χ1v) is 7.79. The monoisotopic (exact) mass is 333 g/mol. The van der Waals surface area contributed by atoms with Gasteiger partial charge in [-0.1, -0.05) is 30.9 Å². The molecule has 1 fully saturated rings. The summed E-state index contributed by atoms with van der Waals surface area (Å²) in [5.74, 6) is 0.744. The topological polar surface area (TPSA) is 32.7 Å². The van der Waals surface area contributed by atoms with Gasteiger partial charge in [-0.25, -0.2) is 0 Å². The van der Waals surface area contributed by atoms with Gasteiger partial charge in [-0.2, -0.15) is 0 Å². The van der Waals surface area contributed by atoms with Crippen LogP contribution < -0.4 is 4.74 Å². The summed E-state index contributed by atoms with van der Waals surface area (Å²) in [6.45, 7) is 0.983. The fourth-order valence-corrected chi connectivity index (χ4v) is 2.91. The molecule has 5 heteroatoms. The Morgan fingerprint density at radius 3 is 2.48 bits per heavy atom. The summed E-state index contributed by atoms with van der Waals surface area (Å²) in [4.78, 5) is 2.27. The standard InChI is InChI=1S/C16H24ClNO2.ClH/c1-18(14-5-3-2-4-6-14)11-15(19)12-20-16-9-7-13(17)8-10-16;/h7-10,14-15,19H,2-6,11-12H2,1H3;1H. The van der Waals surface area contributed by atoms with E-state index in [1.165, 1.54) is 32.1 Å². The van der Waals surface area contributed by atoms with Crippen LogP contribution in [-0.2, 0) is 0 Å². The highest BCUT2D eigenvalue weighted by molar-refractivity contribution is 6.30. The third-order valence-electron chi connectivity index (χ3n) is 3.95. The fraction of sp³-hybridized carbons (Fsp3) is 0.625. The van der Waals surface area contributed by atoms with Crippen molar-refractivity contribution < 1.29 is 9.84 Å². The largest absolute Gasteiger partial charge is 0.491 e. The predicted octanol–water partition coefficient (Wildman–Crippen LogP) is 3.77. The molecule has 0 radical (unpaired) electrons. The maximum Gasteiger partial charge on any atom is 0.119 e. The smallest absolute Gasteiger partial charge is 0.119 e. The Morgan fingerprint density at radius 1 is 1.24 bits per heavy atom. The average molecular weight is 334 g/mol. The van der Waals surface area contributed by atoms with E-state index in [4.69, 9.17) is 16.3 Å². The molecule has 3 nitrogen and oxygen atoms in total. The van der Waals surface area contributed by atoms with Crippen molar-refractivity contribution in [1.29, 1.82) is 0 Å². The third-order valence-corrected chi connectivity index (χ3v) is 4.20. The van der Waals surface area contributed by atoms with Gasteiger partial charge >= 0.3 is 0 Å². The summed E-state index contributed by atoms with van der Waals surface area (Å²) in [5.41, 5.74) is 0. The molecule has 1 atom stereocenters. The Bertz CT molecular complexity index is 394. The second-order valence-corrected chi connectivity index (χ2v) is 6.09. The van der Waals surface area contributed by atoms with E-state index >= 15 is 0 Å². The van der Waals surface area contributed by atoms with Gasteiger partial charge in [0.05, 0.1) is 0 Å². The molecular formula is C16H25Cl2NO2. The van der Waals surface area contributed by atoms with Crippen molar-refractivity contribution in [3.05, 3.63) is 29.3 Å². The molecule has 0 bridgehead atoms. The van der Waals surface area contributed by atoms with E-state index in [2.05, 4.69) is 11.9 Å². The fourth-order valence-electron chi connectivity index (χ4n) is 2.78. The molecule has 1 aromatic carbocycles. The number of hydrogen-bond acceptors (Lipinski definition) is 3. The van der Waals surface area contributed by atoms with Crippen molar-refractivity contribution in [2.75, 3.05) is 20.2 Å². The van der Waals surface area contributed by atoms with Crippen LogP contribution in [0.5, 0.6) is 5.75 Å². The minimum atomic E-state index is -0.461. The summed E-state index contributed by atoms with van der Waals surface area (Å²) >= 11 is 5.82. The average Bonchev–Trinajstić information content (AvgIpc) is 2.47. The maximum absolute atomic E-state index is 10.1. The second kappa shape index (κ2) is 9.52. The number of halogens is 2. The van der Waals surface area contributed by atoms with Crippen molar-refractivity contribution in [2.24, 2.45) is 0 Å². The number of rotatable bonds is 6. The Kier molecular flexibility index (Phi) is 8.42. The van der Waals surface area contributed by atoms with Crippen LogP contribution in [-0.4, -0.2) is 42.4 Å². The summed E-state index contributed by atoms with van der Waals surface area (Å²) in [5, 5.41) is 10.8. The number of aliphatic hydroxyl groups is 1. The first-order chi connectivity index (χ1) is 9.65. The van der Waals surface area contributed by atoms with E-state index in [0.29, 0.717) is 24.2 Å². The van der Waals surface area contributed by atoms with E-state index in [1.54, 1.807) is 12.1 Å². The molecule has 1 unspecified atom stereocenters. The van der Waals surface area contributed by atoms with Crippen molar-refractivity contribution in [3.8, 4) is 5.75 Å². The normalized spacial score (nSPS) is 17.3. The molecule has 0 spiro atoms. The van der Waals surface area contributed by atoms with Gasteiger partial charge in [0, 0.05) is 17.6 Å².